The number of fused-ring (bicyclic) bond motifs is 1. The highest BCUT2D eigenvalue weighted by molar-refractivity contribution is 7.13. The van der Waals surface area contributed by atoms with Crippen molar-refractivity contribution >= 4 is 17.2 Å². The van der Waals surface area contributed by atoms with Crippen molar-refractivity contribution in [3.05, 3.63) is 29.3 Å². The molecule has 1 aromatic heterocycles. The van der Waals surface area contributed by atoms with Gasteiger partial charge in [0.1, 0.15) is 10.7 Å². The van der Waals surface area contributed by atoms with Gasteiger partial charge in [-0.25, -0.2) is 4.98 Å². The van der Waals surface area contributed by atoms with Gasteiger partial charge in [0, 0.05) is 17.5 Å². The molecule has 1 saturated carbocycles. The SMILES string of the molecule is NCC1(NC(=O)c2csc(-c3ccc4c(c3)OCO4)n2)CCCC1. The third kappa shape index (κ3) is 2.74. The summed E-state index contributed by atoms with van der Waals surface area (Å²) >= 11 is 1.44. The van der Waals surface area contributed by atoms with Gasteiger partial charge in [0.2, 0.25) is 6.79 Å². The van der Waals surface area contributed by atoms with Crippen LogP contribution in [0, 0.1) is 0 Å². The molecule has 24 heavy (non-hydrogen) atoms. The van der Waals surface area contributed by atoms with E-state index in [1.165, 1.54) is 11.3 Å². The summed E-state index contributed by atoms with van der Waals surface area (Å²) < 4.78 is 10.7. The lowest BCUT2D eigenvalue weighted by Crippen LogP contribution is -2.51. The van der Waals surface area contributed by atoms with E-state index in [9.17, 15) is 4.79 Å². The molecule has 4 rings (SSSR count). The van der Waals surface area contributed by atoms with E-state index in [1.807, 2.05) is 18.2 Å². The van der Waals surface area contributed by atoms with Crippen molar-refractivity contribution in [2.75, 3.05) is 13.3 Å². The van der Waals surface area contributed by atoms with E-state index >= 15 is 0 Å². The predicted molar refractivity (Wildman–Crippen MR) is 91.4 cm³/mol. The highest BCUT2D eigenvalue weighted by Gasteiger charge is 2.34. The number of benzene rings is 1. The Bertz CT molecular complexity index is 768. The number of thiazole rings is 1. The average molecular weight is 345 g/mol. The Balaban J connectivity index is 1.53. The number of hydrogen-bond donors (Lipinski definition) is 2. The molecule has 0 unspecified atom stereocenters. The lowest BCUT2D eigenvalue weighted by atomic mass is 9.98. The van der Waals surface area contributed by atoms with Gasteiger partial charge in [-0.2, -0.15) is 0 Å². The lowest BCUT2D eigenvalue weighted by Gasteiger charge is -2.28. The minimum Gasteiger partial charge on any atom is -0.454 e. The van der Waals surface area contributed by atoms with Crippen molar-refractivity contribution in [3.63, 3.8) is 0 Å². The summed E-state index contributed by atoms with van der Waals surface area (Å²) in [5, 5.41) is 5.67. The number of nitrogens with zero attached hydrogens (tertiary/aromatic N) is 1. The minimum absolute atomic E-state index is 0.148. The number of carbonyl (C=O) groups excluding carboxylic acids is 1. The standard InChI is InChI=1S/C17H19N3O3S/c18-9-17(5-1-2-6-17)20-15(21)12-8-24-16(19-12)11-3-4-13-14(7-11)23-10-22-13/h3-4,7-8H,1-2,5-6,9-10,18H2,(H,20,21). The second-order valence-corrected chi connectivity index (χ2v) is 7.11. The van der Waals surface area contributed by atoms with E-state index in [-0.39, 0.29) is 18.2 Å². The summed E-state index contributed by atoms with van der Waals surface area (Å²) in [6.45, 7) is 0.712. The zero-order chi connectivity index (χ0) is 16.6. The molecule has 126 valence electrons. The van der Waals surface area contributed by atoms with E-state index in [1.54, 1.807) is 5.38 Å². The van der Waals surface area contributed by atoms with Crippen LogP contribution in [0.1, 0.15) is 36.2 Å². The largest absolute Gasteiger partial charge is 0.454 e. The zero-order valence-electron chi connectivity index (χ0n) is 13.2. The Morgan fingerprint density at radius 2 is 2.08 bits per heavy atom. The monoisotopic (exact) mass is 345 g/mol. The molecule has 0 spiro atoms. The fraction of sp³-hybridized carbons (Fsp3) is 0.412. The molecule has 1 fully saturated rings. The number of aromatic nitrogens is 1. The molecular formula is C17H19N3O3S. The zero-order valence-corrected chi connectivity index (χ0v) is 14.0. The fourth-order valence-corrected chi connectivity index (χ4v) is 4.07. The van der Waals surface area contributed by atoms with E-state index < -0.39 is 0 Å². The number of amides is 1. The molecule has 0 radical (unpaired) electrons. The van der Waals surface area contributed by atoms with Crippen molar-refractivity contribution in [2.45, 2.75) is 31.2 Å². The van der Waals surface area contributed by atoms with E-state index in [0.717, 1.165) is 42.0 Å². The summed E-state index contributed by atoms with van der Waals surface area (Å²) in [6.07, 6.45) is 4.09. The van der Waals surface area contributed by atoms with Gasteiger partial charge >= 0.3 is 0 Å². The van der Waals surface area contributed by atoms with Crippen LogP contribution in [0.4, 0.5) is 0 Å². The lowest BCUT2D eigenvalue weighted by molar-refractivity contribution is 0.0898. The first-order chi connectivity index (χ1) is 11.7. The Morgan fingerprint density at radius 3 is 2.88 bits per heavy atom. The average Bonchev–Trinajstić information content (AvgIpc) is 3.34. The highest BCUT2D eigenvalue weighted by atomic mass is 32.1. The molecule has 1 amide bonds. The molecule has 2 heterocycles. The van der Waals surface area contributed by atoms with Crippen LogP contribution in [0.2, 0.25) is 0 Å². The summed E-state index contributed by atoms with van der Waals surface area (Å²) in [5.41, 5.74) is 6.97. The number of nitrogens with one attached hydrogen (secondary N) is 1. The van der Waals surface area contributed by atoms with Crippen LogP contribution in [0.15, 0.2) is 23.6 Å². The smallest absolute Gasteiger partial charge is 0.271 e. The number of ether oxygens (including phenoxy) is 2. The minimum atomic E-state index is -0.264. The Hall–Kier alpha value is -2.12. The Labute approximate surface area is 144 Å². The predicted octanol–water partition coefficient (Wildman–Crippen LogP) is 2.54. The second-order valence-electron chi connectivity index (χ2n) is 6.25. The number of nitrogens with two attached hydrogens (primary N) is 1. The number of hydrogen-bond acceptors (Lipinski definition) is 6. The van der Waals surface area contributed by atoms with Crippen molar-refractivity contribution < 1.29 is 14.3 Å². The summed E-state index contributed by atoms with van der Waals surface area (Å²) in [6, 6.07) is 5.67. The van der Waals surface area contributed by atoms with Crippen LogP contribution in [0.25, 0.3) is 10.6 Å². The van der Waals surface area contributed by atoms with Gasteiger partial charge in [-0.15, -0.1) is 11.3 Å². The van der Waals surface area contributed by atoms with Crippen LogP contribution in [-0.4, -0.2) is 29.8 Å². The molecule has 3 N–H and O–H groups in total. The maximum absolute atomic E-state index is 12.5. The van der Waals surface area contributed by atoms with E-state index in [4.69, 9.17) is 15.2 Å². The van der Waals surface area contributed by atoms with Crippen LogP contribution >= 0.6 is 11.3 Å². The number of carbonyl (C=O) groups is 1. The Kier molecular flexibility index (Phi) is 3.90. The molecule has 1 aromatic carbocycles. The summed E-state index contributed by atoms with van der Waals surface area (Å²) in [5.74, 6) is 1.30. The molecule has 0 saturated heterocycles. The molecule has 2 aliphatic rings. The van der Waals surface area contributed by atoms with Crippen molar-refractivity contribution in [3.8, 4) is 22.1 Å². The van der Waals surface area contributed by atoms with Gasteiger partial charge in [0.25, 0.3) is 5.91 Å². The van der Waals surface area contributed by atoms with Crippen LogP contribution in [-0.2, 0) is 0 Å². The molecule has 1 aliphatic heterocycles. The first-order valence-electron chi connectivity index (χ1n) is 8.07. The van der Waals surface area contributed by atoms with E-state index in [0.29, 0.717) is 18.0 Å². The van der Waals surface area contributed by atoms with Crippen molar-refractivity contribution in [1.29, 1.82) is 0 Å². The van der Waals surface area contributed by atoms with Gasteiger partial charge in [0.15, 0.2) is 11.5 Å². The maximum atomic E-state index is 12.5. The molecule has 1 aliphatic carbocycles. The summed E-state index contributed by atoms with van der Waals surface area (Å²) in [4.78, 5) is 17.0. The van der Waals surface area contributed by atoms with Crippen molar-refractivity contribution in [1.82, 2.24) is 10.3 Å². The first-order valence-corrected chi connectivity index (χ1v) is 8.95. The number of rotatable bonds is 4. The molecule has 7 heteroatoms. The quantitative estimate of drug-likeness (QED) is 0.889. The van der Waals surface area contributed by atoms with Crippen LogP contribution in [0.3, 0.4) is 0 Å². The Morgan fingerprint density at radius 1 is 1.29 bits per heavy atom. The van der Waals surface area contributed by atoms with Crippen LogP contribution in [0.5, 0.6) is 11.5 Å². The van der Waals surface area contributed by atoms with Gasteiger partial charge in [0.05, 0.1) is 5.54 Å². The van der Waals surface area contributed by atoms with Crippen molar-refractivity contribution in [2.24, 2.45) is 5.73 Å². The topological polar surface area (TPSA) is 86.5 Å². The third-order valence-electron chi connectivity index (χ3n) is 4.69. The third-order valence-corrected chi connectivity index (χ3v) is 5.58. The molecular weight excluding hydrogens is 326 g/mol. The van der Waals surface area contributed by atoms with Gasteiger partial charge < -0.3 is 20.5 Å². The maximum Gasteiger partial charge on any atom is 0.271 e. The first kappa shape index (κ1) is 15.4. The molecule has 0 atom stereocenters. The fourth-order valence-electron chi connectivity index (χ4n) is 3.28. The van der Waals surface area contributed by atoms with E-state index in [2.05, 4.69) is 10.3 Å². The summed E-state index contributed by atoms with van der Waals surface area (Å²) in [7, 11) is 0. The molecule has 2 aromatic rings. The van der Waals surface area contributed by atoms with Gasteiger partial charge in [-0.1, -0.05) is 12.8 Å². The second kappa shape index (κ2) is 6.07. The van der Waals surface area contributed by atoms with Gasteiger partial charge in [-0.3, -0.25) is 4.79 Å². The van der Waals surface area contributed by atoms with Gasteiger partial charge in [-0.05, 0) is 31.0 Å². The molecule has 6 nitrogen and oxygen atoms in total. The highest BCUT2D eigenvalue weighted by Crippen LogP contribution is 2.37. The van der Waals surface area contributed by atoms with Crippen LogP contribution < -0.4 is 20.5 Å². The normalized spacial score (nSPS) is 17.9. The molecule has 0 bridgehead atoms.